The maximum atomic E-state index is 12.6. The Bertz CT molecular complexity index is 1260. The molecule has 5 rings (SSSR count). The third-order valence-corrected chi connectivity index (χ3v) is 4.81. The van der Waals surface area contributed by atoms with Crippen LogP contribution in [-0.4, -0.2) is 16.7 Å². The molecule has 2 N–H and O–H groups in total. The van der Waals surface area contributed by atoms with E-state index in [1.54, 1.807) is 30.5 Å². The van der Waals surface area contributed by atoms with Gasteiger partial charge in [-0.05, 0) is 36.4 Å². The first kappa shape index (κ1) is 17.1. The van der Waals surface area contributed by atoms with Crippen LogP contribution >= 0.6 is 0 Å². The molecule has 6 heteroatoms. The van der Waals surface area contributed by atoms with E-state index < -0.39 is 11.7 Å². The van der Waals surface area contributed by atoms with Crippen molar-refractivity contribution in [2.75, 3.05) is 5.32 Å². The predicted molar refractivity (Wildman–Crippen MR) is 109 cm³/mol. The maximum Gasteiger partial charge on any atom is 0.296 e. The van der Waals surface area contributed by atoms with Crippen LogP contribution in [0, 0.1) is 0 Å². The SMILES string of the molecule is O=C(Nc1ccc2c(c1)COc1ccccc1O2)C(=O)c1c[nH]c2ccccc12. The van der Waals surface area contributed by atoms with E-state index in [1.807, 2.05) is 42.5 Å². The van der Waals surface area contributed by atoms with Crippen molar-refractivity contribution in [1.82, 2.24) is 4.98 Å². The van der Waals surface area contributed by atoms with Crippen LogP contribution in [0.4, 0.5) is 5.69 Å². The Kier molecular flexibility index (Phi) is 4.02. The van der Waals surface area contributed by atoms with Crippen molar-refractivity contribution in [2.45, 2.75) is 6.61 Å². The first-order valence-corrected chi connectivity index (χ1v) is 9.13. The first-order chi connectivity index (χ1) is 14.2. The summed E-state index contributed by atoms with van der Waals surface area (Å²) in [6.07, 6.45) is 1.56. The number of H-pyrrole nitrogens is 1. The monoisotopic (exact) mass is 384 g/mol. The number of nitrogens with one attached hydrogen (secondary N) is 2. The number of fused-ring (bicyclic) bond motifs is 3. The molecule has 0 spiro atoms. The molecule has 1 amide bonds. The van der Waals surface area contributed by atoms with Gasteiger partial charge < -0.3 is 19.8 Å². The van der Waals surface area contributed by atoms with Crippen LogP contribution < -0.4 is 14.8 Å². The third kappa shape index (κ3) is 3.10. The molecule has 29 heavy (non-hydrogen) atoms. The molecular formula is C23H16N2O4. The number of ketones is 1. The molecule has 1 aliphatic rings. The number of hydrogen-bond donors (Lipinski definition) is 2. The normalized spacial score (nSPS) is 12.1. The van der Waals surface area contributed by atoms with Gasteiger partial charge >= 0.3 is 0 Å². The highest BCUT2D eigenvalue weighted by atomic mass is 16.5. The number of anilines is 1. The third-order valence-electron chi connectivity index (χ3n) is 4.81. The van der Waals surface area contributed by atoms with E-state index in [-0.39, 0.29) is 0 Å². The lowest BCUT2D eigenvalue weighted by molar-refractivity contribution is -0.112. The quantitative estimate of drug-likeness (QED) is 0.397. The Balaban J connectivity index is 1.37. The molecule has 0 saturated heterocycles. The van der Waals surface area contributed by atoms with Gasteiger partial charge in [0.1, 0.15) is 12.4 Å². The molecule has 6 nitrogen and oxygen atoms in total. The van der Waals surface area contributed by atoms with Crippen LogP contribution in [0.1, 0.15) is 15.9 Å². The van der Waals surface area contributed by atoms with E-state index >= 15 is 0 Å². The van der Waals surface area contributed by atoms with E-state index in [9.17, 15) is 9.59 Å². The van der Waals surface area contributed by atoms with E-state index in [4.69, 9.17) is 9.47 Å². The van der Waals surface area contributed by atoms with E-state index in [1.165, 1.54) is 0 Å². The summed E-state index contributed by atoms with van der Waals surface area (Å²) in [6, 6.07) is 20.0. The second-order valence-electron chi connectivity index (χ2n) is 6.69. The van der Waals surface area contributed by atoms with Crippen molar-refractivity contribution in [1.29, 1.82) is 0 Å². The molecule has 4 aromatic rings. The number of ether oxygens (including phenoxy) is 2. The lowest BCUT2D eigenvalue weighted by Gasteiger charge is -2.09. The number of amides is 1. The minimum absolute atomic E-state index is 0.298. The number of rotatable bonds is 3. The van der Waals surface area contributed by atoms with Gasteiger partial charge in [0.2, 0.25) is 0 Å². The molecule has 3 aromatic carbocycles. The molecule has 0 bridgehead atoms. The largest absolute Gasteiger partial charge is 0.485 e. The molecule has 0 aliphatic carbocycles. The van der Waals surface area contributed by atoms with Crippen molar-refractivity contribution in [3.05, 3.63) is 84.1 Å². The van der Waals surface area contributed by atoms with Crippen molar-refractivity contribution >= 4 is 28.3 Å². The zero-order valence-electron chi connectivity index (χ0n) is 15.3. The van der Waals surface area contributed by atoms with Crippen molar-refractivity contribution in [2.24, 2.45) is 0 Å². The fourth-order valence-corrected chi connectivity index (χ4v) is 3.37. The lowest BCUT2D eigenvalue weighted by atomic mass is 10.1. The Morgan fingerprint density at radius 3 is 2.59 bits per heavy atom. The minimum Gasteiger partial charge on any atom is -0.485 e. The van der Waals surface area contributed by atoms with Crippen molar-refractivity contribution in [3.8, 4) is 17.2 Å². The summed E-state index contributed by atoms with van der Waals surface area (Å²) >= 11 is 0. The maximum absolute atomic E-state index is 12.6. The van der Waals surface area contributed by atoms with Crippen LogP contribution in [0.15, 0.2) is 72.9 Å². The fourth-order valence-electron chi connectivity index (χ4n) is 3.37. The summed E-state index contributed by atoms with van der Waals surface area (Å²) in [7, 11) is 0. The second kappa shape index (κ2) is 6.83. The number of aromatic amines is 1. The number of carbonyl (C=O) groups is 2. The molecule has 0 unspecified atom stereocenters. The average Bonchev–Trinajstić information content (AvgIpc) is 3.09. The summed E-state index contributed by atoms with van der Waals surface area (Å²) in [5.74, 6) is 0.642. The summed E-state index contributed by atoms with van der Waals surface area (Å²) in [4.78, 5) is 28.2. The molecule has 142 valence electrons. The molecule has 0 fully saturated rings. The van der Waals surface area contributed by atoms with Gasteiger partial charge in [-0.1, -0.05) is 30.3 Å². The predicted octanol–water partition coefficient (Wildman–Crippen LogP) is 4.67. The lowest BCUT2D eigenvalue weighted by Crippen LogP contribution is -2.22. The van der Waals surface area contributed by atoms with Crippen molar-refractivity contribution < 1.29 is 19.1 Å². The molecule has 1 aromatic heterocycles. The van der Waals surface area contributed by atoms with Gasteiger partial charge in [-0.25, -0.2) is 0 Å². The van der Waals surface area contributed by atoms with Crippen LogP contribution in [-0.2, 0) is 11.4 Å². The topological polar surface area (TPSA) is 80.4 Å². The molecule has 0 saturated carbocycles. The highest BCUT2D eigenvalue weighted by molar-refractivity contribution is 6.48. The van der Waals surface area contributed by atoms with Crippen LogP contribution in [0.2, 0.25) is 0 Å². The number of para-hydroxylation sites is 3. The smallest absolute Gasteiger partial charge is 0.296 e. The van der Waals surface area contributed by atoms with Gasteiger partial charge in [0, 0.05) is 28.4 Å². The van der Waals surface area contributed by atoms with Gasteiger partial charge in [0.25, 0.3) is 11.7 Å². The number of hydrogen-bond acceptors (Lipinski definition) is 4. The van der Waals surface area contributed by atoms with Crippen LogP contribution in [0.25, 0.3) is 10.9 Å². The Morgan fingerprint density at radius 1 is 0.897 bits per heavy atom. The number of aromatic nitrogens is 1. The Morgan fingerprint density at radius 2 is 1.69 bits per heavy atom. The van der Waals surface area contributed by atoms with Crippen LogP contribution in [0.5, 0.6) is 17.2 Å². The molecule has 1 aliphatic heterocycles. The summed E-state index contributed by atoms with van der Waals surface area (Å²) in [6.45, 7) is 0.298. The number of carbonyl (C=O) groups excluding carboxylic acids is 2. The van der Waals surface area contributed by atoms with Gasteiger partial charge in [-0.2, -0.15) is 0 Å². The van der Waals surface area contributed by atoms with E-state index in [0.29, 0.717) is 40.5 Å². The molecule has 2 heterocycles. The Labute approximate surface area is 166 Å². The zero-order valence-corrected chi connectivity index (χ0v) is 15.3. The highest BCUT2D eigenvalue weighted by Crippen LogP contribution is 2.38. The average molecular weight is 384 g/mol. The first-order valence-electron chi connectivity index (χ1n) is 9.13. The minimum atomic E-state index is -0.701. The fraction of sp³-hybridized carbons (Fsp3) is 0.0435. The standard InChI is InChI=1S/C23H16N2O4/c26-22(17-12-24-18-6-2-1-5-16(17)18)23(27)25-15-9-10-19-14(11-15)13-28-20-7-3-4-8-21(20)29-19/h1-12,24H,13H2,(H,25,27). The zero-order chi connectivity index (χ0) is 19.8. The van der Waals surface area contributed by atoms with E-state index in [0.717, 1.165) is 11.1 Å². The number of benzene rings is 3. The summed E-state index contributed by atoms with van der Waals surface area (Å²) in [5, 5.41) is 3.39. The summed E-state index contributed by atoms with van der Waals surface area (Å²) in [5.41, 5.74) is 2.43. The highest BCUT2D eigenvalue weighted by Gasteiger charge is 2.21. The van der Waals surface area contributed by atoms with Gasteiger partial charge in [-0.3, -0.25) is 9.59 Å². The second-order valence-corrected chi connectivity index (χ2v) is 6.69. The van der Waals surface area contributed by atoms with Crippen molar-refractivity contribution in [3.63, 3.8) is 0 Å². The Hall–Kier alpha value is -4.06. The van der Waals surface area contributed by atoms with Crippen LogP contribution in [0.3, 0.4) is 0 Å². The molecule has 0 radical (unpaired) electrons. The van der Waals surface area contributed by atoms with Gasteiger partial charge in [0.15, 0.2) is 11.5 Å². The van der Waals surface area contributed by atoms with Gasteiger partial charge in [0.05, 0.1) is 5.56 Å². The van der Waals surface area contributed by atoms with E-state index in [2.05, 4.69) is 10.3 Å². The molecular weight excluding hydrogens is 368 g/mol. The molecule has 0 atom stereocenters. The van der Waals surface area contributed by atoms with Gasteiger partial charge in [-0.15, -0.1) is 0 Å². The summed E-state index contributed by atoms with van der Waals surface area (Å²) < 4.78 is 11.7. The number of Topliss-reactive ketones (excluding diaryl/α,β-unsaturated/α-hetero) is 1.